The predicted molar refractivity (Wildman–Crippen MR) is 85.6 cm³/mol. The van der Waals surface area contributed by atoms with Gasteiger partial charge in [0.15, 0.2) is 0 Å². The van der Waals surface area contributed by atoms with E-state index in [9.17, 15) is 9.59 Å². The van der Waals surface area contributed by atoms with Crippen LogP contribution in [0.15, 0.2) is 12.4 Å². The molecule has 3 amide bonds. The second kappa shape index (κ2) is 7.48. The van der Waals surface area contributed by atoms with Gasteiger partial charge in [0, 0.05) is 44.5 Å². The maximum absolute atomic E-state index is 12.5. The highest BCUT2D eigenvalue weighted by Gasteiger charge is 2.28. The van der Waals surface area contributed by atoms with E-state index in [4.69, 9.17) is 0 Å². The number of rotatable bonds is 5. The van der Waals surface area contributed by atoms with Crippen molar-refractivity contribution in [3.63, 3.8) is 0 Å². The first-order valence-electron chi connectivity index (χ1n) is 8.54. The van der Waals surface area contributed by atoms with Crippen molar-refractivity contribution in [3.05, 3.63) is 18.2 Å². The number of amides is 3. The van der Waals surface area contributed by atoms with Crippen LogP contribution in [-0.4, -0.2) is 57.4 Å². The Morgan fingerprint density at radius 2 is 2.26 bits per heavy atom. The van der Waals surface area contributed by atoms with E-state index in [1.54, 1.807) is 12.4 Å². The van der Waals surface area contributed by atoms with Crippen LogP contribution in [0.5, 0.6) is 0 Å². The smallest absolute Gasteiger partial charge is 0.318 e. The Balaban J connectivity index is 1.50. The number of hydrogen-bond acceptors (Lipinski definition) is 3. The largest absolute Gasteiger partial charge is 0.347 e. The maximum atomic E-state index is 12.5. The Bertz CT molecular complexity index is 531. The van der Waals surface area contributed by atoms with Crippen molar-refractivity contribution in [2.45, 2.75) is 51.1 Å². The van der Waals surface area contributed by atoms with Gasteiger partial charge in [0.25, 0.3) is 0 Å². The number of nitrogens with zero attached hydrogens (tertiary/aromatic N) is 3. The van der Waals surface area contributed by atoms with Gasteiger partial charge in [-0.1, -0.05) is 0 Å². The monoisotopic (exact) mass is 319 g/mol. The van der Waals surface area contributed by atoms with Gasteiger partial charge in [-0.15, -0.1) is 0 Å². The number of hydrogen-bond donors (Lipinski definition) is 2. The van der Waals surface area contributed by atoms with Crippen molar-refractivity contribution in [3.8, 4) is 0 Å². The standard InChI is InChI=1S/C16H25N5O2/c22-15-5-3-9-20(15)11-6-13-4-1-2-10-21(13)16(23)19-12-14-17-7-8-18-14/h7-8,13H,1-6,9-12H2,(H,17,18)(H,19,23). The number of carbonyl (C=O) groups is 2. The van der Waals surface area contributed by atoms with Gasteiger partial charge in [-0.25, -0.2) is 9.78 Å². The molecule has 0 spiro atoms. The first-order valence-corrected chi connectivity index (χ1v) is 8.54. The third-order valence-corrected chi connectivity index (χ3v) is 4.75. The Labute approximate surface area is 136 Å². The molecule has 1 atom stereocenters. The van der Waals surface area contributed by atoms with E-state index in [-0.39, 0.29) is 18.0 Å². The summed E-state index contributed by atoms with van der Waals surface area (Å²) >= 11 is 0. The van der Waals surface area contributed by atoms with E-state index < -0.39 is 0 Å². The average Bonchev–Trinajstić information content (AvgIpc) is 3.22. The Morgan fingerprint density at radius 1 is 1.35 bits per heavy atom. The Hall–Kier alpha value is -2.05. The molecular weight excluding hydrogens is 294 g/mol. The van der Waals surface area contributed by atoms with Gasteiger partial charge in [0.05, 0.1) is 6.54 Å². The highest BCUT2D eigenvalue weighted by atomic mass is 16.2. The number of aromatic nitrogens is 2. The van der Waals surface area contributed by atoms with Gasteiger partial charge in [-0.2, -0.15) is 0 Å². The van der Waals surface area contributed by atoms with E-state index in [1.807, 2.05) is 9.80 Å². The molecule has 7 nitrogen and oxygen atoms in total. The molecule has 23 heavy (non-hydrogen) atoms. The lowest BCUT2D eigenvalue weighted by molar-refractivity contribution is -0.127. The molecule has 3 heterocycles. The normalized spacial score (nSPS) is 21.7. The molecule has 2 saturated heterocycles. The second-order valence-electron chi connectivity index (χ2n) is 6.31. The van der Waals surface area contributed by atoms with E-state index in [1.165, 1.54) is 0 Å². The van der Waals surface area contributed by atoms with Gasteiger partial charge in [0.1, 0.15) is 5.82 Å². The zero-order valence-electron chi connectivity index (χ0n) is 13.5. The van der Waals surface area contributed by atoms with Crippen LogP contribution >= 0.6 is 0 Å². The molecular formula is C16H25N5O2. The third-order valence-electron chi connectivity index (χ3n) is 4.75. The molecule has 0 aliphatic carbocycles. The number of piperidine rings is 1. The molecule has 0 radical (unpaired) electrons. The maximum Gasteiger partial charge on any atom is 0.318 e. The summed E-state index contributed by atoms with van der Waals surface area (Å²) in [6, 6.07) is 0.201. The number of urea groups is 1. The van der Waals surface area contributed by atoms with Crippen LogP contribution in [0.25, 0.3) is 0 Å². The van der Waals surface area contributed by atoms with Crippen LogP contribution in [-0.2, 0) is 11.3 Å². The summed E-state index contributed by atoms with van der Waals surface area (Å²) in [6.07, 6.45) is 9.18. The summed E-state index contributed by atoms with van der Waals surface area (Å²) < 4.78 is 0. The molecule has 1 unspecified atom stereocenters. The van der Waals surface area contributed by atoms with E-state index in [2.05, 4.69) is 15.3 Å². The summed E-state index contributed by atoms with van der Waals surface area (Å²) in [4.78, 5) is 35.2. The minimum atomic E-state index is -0.0288. The summed E-state index contributed by atoms with van der Waals surface area (Å²) in [5, 5.41) is 2.93. The summed E-state index contributed by atoms with van der Waals surface area (Å²) in [6.45, 7) is 2.85. The lowest BCUT2D eigenvalue weighted by Gasteiger charge is -2.36. The lowest BCUT2D eigenvalue weighted by Crippen LogP contribution is -2.49. The fraction of sp³-hybridized carbons (Fsp3) is 0.688. The topological polar surface area (TPSA) is 81.3 Å². The molecule has 2 N–H and O–H groups in total. The fourth-order valence-electron chi connectivity index (χ4n) is 3.47. The van der Waals surface area contributed by atoms with Gasteiger partial charge in [-0.3, -0.25) is 4.79 Å². The van der Waals surface area contributed by atoms with Crippen molar-refractivity contribution in [2.24, 2.45) is 0 Å². The SMILES string of the molecule is O=C1CCCN1CCC1CCCCN1C(=O)NCc1ncc[nH]1. The molecule has 0 saturated carbocycles. The first kappa shape index (κ1) is 15.8. The molecule has 2 aliphatic rings. The van der Waals surface area contributed by atoms with Gasteiger partial charge in [0.2, 0.25) is 5.91 Å². The Kier molecular flexibility index (Phi) is 5.15. The minimum Gasteiger partial charge on any atom is -0.347 e. The molecule has 3 rings (SSSR count). The van der Waals surface area contributed by atoms with Gasteiger partial charge >= 0.3 is 6.03 Å². The van der Waals surface area contributed by atoms with Crippen molar-refractivity contribution < 1.29 is 9.59 Å². The first-order chi connectivity index (χ1) is 11.2. The number of likely N-dealkylation sites (tertiary alicyclic amines) is 2. The summed E-state index contributed by atoms with van der Waals surface area (Å²) in [5.41, 5.74) is 0. The molecule has 1 aromatic rings. The van der Waals surface area contributed by atoms with E-state index in [0.29, 0.717) is 13.0 Å². The summed E-state index contributed by atoms with van der Waals surface area (Å²) in [5.74, 6) is 1.02. The van der Waals surface area contributed by atoms with E-state index >= 15 is 0 Å². The van der Waals surface area contributed by atoms with Crippen molar-refractivity contribution in [1.29, 1.82) is 0 Å². The van der Waals surface area contributed by atoms with Crippen LogP contribution < -0.4 is 5.32 Å². The van der Waals surface area contributed by atoms with Crippen LogP contribution in [0.2, 0.25) is 0 Å². The molecule has 2 fully saturated rings. The second-order valence-corrected chi connectivity index (χ2v) is 6.31. The molecule has 126 valence electrons. The quantitative estimate of drug-likeness (QED) is 0.862. The van der Waals surface area contributed by atoms with Crippen LogP contribution in [0.3, 0.4) is 0 Å². The lowest BCUT2D eigenvalue weighted by atomic mass is 9.99. The molecule has 0 aromatic carbocycles. The number of nitrogens with one attached hydrogen (secondary N) is 2. The number of aromatic amines is 1. The highest BCUT2D eigenvalue weighted by Crippen LogP contribution is 2.21. The Morgan fingerprint density at radius 3 is 3.00 bits per heavy atom. The fourth-order valence-corrected chi connectivity index (χ4v) is 3.47. The van der Waals surface area contributed by atoms with Gasteiger partial charge in [-0.05, 0) is 32.1 Å². The highest BCUT2D eigenvalue weighted by molar-refractivity contribution is 5.78. The minimum absolute atomic E-state index is 0.0288. The zero-order valence-corrected chi connectivity index (χ0v) is 13.5. The molecule has 7 heteroatoms. The molecule has 0 bridgehead atoms. The molecule has 1 aromatic heterocycles. The average molecular weight is 319 g/mol. The van der Waals surface area contributed by atoms with Crippen LogP contribution in [0.4, 0.5) is 4.79 Å². The zero-order chi connectivity index (χ0) is 16.1. The summed E-state index contributed by atoms with van der Waals surface area (Å²) in [7, 11) is 0. The molecule has 2 aliphatic heterocycles. The number of carbonyl (C=O) groups excluding carboxylic acids is 2. The van der Waals surface area contributed by atoms with Crippen LogP contribution in [0.1, 0.15) is 44.3 Å². The van der Waals surface area contributed by atoms with Crippen molar-refractivity contribution in [1.82, 2.24) is 25.1 Å². The third kappa shape index (κ3) is 4.03. The number of imidazole rings is 1. The predicted octanol–water partition coefficient (Wildman–Crippen LogP) is 1.49. The van der Waals surface area contributed by atoms with Crippen LogP contribution in [0, 0.1) is 0 Å². The van der Waals surface area contributed by atoms with Gasteiger partial charge < -0.3 is 20.1 Å². The number of H-pyrrole nitrogens is 1. The van der Waals surface area contributed by atoms with Crippen molar-refractivity contribution >= 4 is 11.9 Å². The van der Waals surface area contributed by atoms with Crippen molar-refractivity contribution in [2.75, 3.05) is 19.6 Å². The van der Waals surface area contributed by atoms with E-state index in [0.717, 1.165) is 57.6 Å².